The SMILES string of the molecule is CCCCOCCn1c(CCl)nc2c(OC)cccc21. The Morgan fingerprint density at radius 2 is 2.15 bits per heavy atom. The van der Waals surface area contributed by atoms with E-state index in [4.69, 9.17) is 21.1 Å². The Hall–Kier alpha value is -1.26. The fraction of sp³-hybridized carbons (Fsp3) is 0.533. The van der Waals surface area contributed by atoms with Gasteiger partial charge in [-0.2, -0.15) is 0 Å². The molecule has 0 N–H and O–H groups in total. The van der Waals surface area contributed by atoms with Gasteiger partial charge < -0.3 is 14.0 Å². The van der Waals surface area contributed by atoms with Gasteiger partial charge in [0.1, 0.15) is 17.1 Å². The van der Waals surface area contributed by atoms with Gasteiger partial charge in [-0.15, -0.1) is 11.6 Å². The average Bonchev–Trinajstić information content (AvgIpc) is 2.85. The standard InChI is InChI=1S/C15H21ClN2O2/c1-3-4-9-20-10-8-18-12-6-5-7-13(19-2)15(12)17-14(18)11-16/h5-7H,3-4,8-11H2,1-2H3. The Bertz CT molecular complexity index is 554. The van der Waals surface area contributed by atoms with Gasteiger partial charge in [0.15, 0.2) is 0 Å². The minimum Gasteiger partial charge on any atom is -0.494 e. The van der Waals surface area contributed by atoms with Crippen LogP contribution in [0.4, 0.5) is 0 Å². The lowest BCUT2D eigenvalue weighted by Gasteiger charge is -2.08. The van der Waals surface area contributed by atoms with E-state index in [1.54, 1.807) is 7.11 Å². The molecule has 2 rings (SSSR count). The normalized spacial score (nSPS) is 11.2. The van der Waals surface area contributed by atoms with Gasteiger partial charge in [-0.05, 0) is 18.6 Å². The number of halogens is 1. The number of hydrogen-bond donors (Lipinski definition) is 0. The van der Waals surface area contributed by atoms with E-state index in [0.717, 1.165) is 48.6 Å². The summed E-state index contributed by atoms with van der Waals surface area (Å²) in [6, 6.07) is 5.91. The highest BCUT2D eigenvalue weighted by atomic mass is 35.5. The van der Waals surface area contributed by atoms with E-state index in [2.05, 4.69) is 16.5 Å². The number of methoxy groups -OCH3 is 1. The highest BCUT2D eigenvalue weighted by molar-refractivity contribution is 6.16. The molecule has 0 spiro atoms. The molecule has 0 fully saturated rings. The molecule has 0 atom stereocenters. The van der Waals surface area contributed by atoms with E-state index in [1.165, 1.54) is 0 Å². The molecule has 110 valence electrons. The van der Waals surface area contributed by atoms with E-state index in [1.807, 2.05) is 18.2 Å². The molecule has 1 aromatic carbocycles. The number of unbranched alkanes of at least 4 members (excludes halogenated alkanes) is 1. The van der Waals surface area contributed by atoms with Crippen LogP contribution >= 0.6 is 11.6 Å². The molecule has 0 saturated heterocycles. The molecule has 0 saturated carbocycles. The molecule has 0 unspecified atom stereocenters. The summed E-state index contributed by atoms with van der Waals surface area (Å²) in [5.74, 6) is 2.01. The van der Waals surface area contributed by atoms with Crippen LogP contribution in [0.2, 0.25) is 0 Å². The third-order valence-corrected chi connectivity index (χ3v) is 3.50. The molecule has 20 heavy (non-hydrogen) atoms. The van der Waals surface area contributed by atoms with Crippen LogP contribution in [0.3, 0.4) is 0 Å². The summed E-state index contributed by atoms with van der Waals surface area (Å²) in [5, 5.41) is 0. The predicted octanol–water partition coefficient (Wildman–Crippen LogP) is 3.60. The van der Waals surface area contributed by atoms with Crippen molar-refractivity contribution in [3.63, 3.8) is 0 Å². The van der Waals surface area contributed by atoms with Crippen molar-refractivity contribution in [3.05, 3.63) is 24.0 Å². The molecule has 1 aromatic heterocycles. The van der Waals surface area contributed by atoms with Crippen molar-refractivity contribution in [2.45, 2.75) is 32.2 Å². The van der Waals surface area contributed by atoms with Crippen molar-refractivity contribution < 1.29 is 9.47 Å². The van der Waals surface area contributed by atoms with Crippen LogP contribution in [0.1, 0.15) is 25.6 Å². The molecule has 5 heteroatoms. The number of fused-ring (bicyclic) bond motifs is 1. The van der Waals surface area contributed by atoms with Crippen LogP contribution < -0.4 is 4.74 Å². The van der Waals surface area contributed by atoms with Gasteiger partial charge in [0.05, 0.1) is 25.1 Å². The molecule has 0 radical (unpaired) electrons. The van der Waals surface area contributed by atoms with Crippen LogP contribution in [-0.4, -0.2) is 29.9 Å². The number of alkyl halides is 1. The zero-order valence-corrected chi connectivity index (χ0v) is 12.8. The van der Waals surface area contributed by atoms with E-state index in [-0.39, 0.29) is 0 Å². The fourth-order valence-corrected chi connectivity index (χ4v) is 2.39. The van der Waals surface area contributed by atoms with Crippen LogP contribution in [-0.2, 0) is 17.2 Å². The van der Waals surface area contributed by atoms with Crippen LogP contribution in [0.15, 0.2) is 18.2 Å². The third kappa shape index (κ3) is 3.25. The smallest absolute Gasteiger partial charge is 0.146 e. The van der Waals surface area contributed by atoms with Crippen molar-refractivity contribution in [1.29, 1.82) is 0 Å². The molecular weight excluding hydrogens is 276 g/mol. The highest BCUT2D eigenvalue weighted by Crippen LogP contribution is 2.26. The molecule has 0 aliphatic rings. The Balaban J connectivity index is 2.18. The summed E-state index contributed by atoms with van der Waals surface area (Å²) < 4.78 is 13.1. The molecule has 1 heterocycles. The number of hydrogen-bond acceptors (Lipinski definition) is 3. The third-order valence-electron chi connectivity index (χ3n) is 3.26. The van der Waals surface area contributed by atoms with E-state index >= 15 is 0 Å². The molecule has 0 amide bonds. The summed E-state index contributed by atoms with van der Waals surface area (Å²) in [6.07, 6.45) is 2.25. The Labute approximate surface area is 124 Å². The Morgan fingerprint density at radius 3 is 2.85 bits per heavy atom. The average molecular weight is 297 g/mol. The van der Waals surface area contributed by atoms with Crippen molar-refractivity contribution in [3.8, 4) is 5.75 Å². The topological polar surface area (TPSA) is 36.3 Å². The Morgan fingerprint density at radius 1 is 1.30 bits per heavy atom. The molecule has 2 aromatic rings. The number of benzene rings is 1. The lowest BCUT2D eigenvalue weighted by atomic mass is 10.3. The molecule has 0 aliphatic heterocycles. The Kier molecular flexibility index (Phi) is 5.68. The predicted molar refractivity (Wildman–Crippen MR) is 81.6 cm³/mol. The van der Waals surface area contributed by atoms with E-state index < -0.39 is 0 Å². The summed E-state index contributed by atoms with van der Waals surface area (Å²) >= 11 is 6.00. The quantitative estimate of drug-likeness (QED) is 0.551. The maximum atomic E-state index is 6.00. The zero-order valence-electron chi connectivity index (χ0n) is 12.1. The highest BCUT2D eigenvalue weighted by Gasteiger charge is 2.13. The summed E-state index contributed by atoms with van der Waals surface area (Å²) in [5.41, 5.74) is 1.90. The first kappa shape index (κ1) is 15.1. The summed E-state index contributed by atoms with van der Waals surface area (Å²) in [7, 11) is 1.65. The second-order valence-corrected chi connectivity index (χ2v) is 4.87. The van der Waals surface area contributed by atoms with Crippen LogP contribution in [0.5, 0.6) is 5.75 Å². The van der Waals surface area contributed by atoms with Gasteiger partial charge in [0.25, 0.3) is 0 Å². The summed E-state index contributed by atoms with van der Waals surface area (Å²) in [6.45, 7) is 4.40. The van der Waals surface area contributed by atoms with Gasteiger partial charge >= 0.3 is 0 Å². The largest absolute Gasteiger partial charge is 0.494 e. The maximum absolute atomic E-state index is 6.00. The second-order valence-electron chi connectivity index (χ2n) is 4.61. The van der Waals surface area contributed by atoms with Crippen molar-refractivity contribution in [1.82, 2.24) is 9.55 Å². The number of imidazole rings is 1. The molecule has 0 bridgehead atoms. The van der Waals surface area contributed by atoms with Gasteiger partial charge in [-0.1, -0.05) is 19.4 Å². The monoisotopic (exact) mass is 296 g/mol. The number of ether oxygens (including phenoxy) is 2. The maximum Gasteiger partial charge on any atom is 0.146 e. The van der Waals surface area contributed by atoms with Gasteiger partial charge in [0.2, 0.25) is 0 Å². The fourth-order valence-electron chi connectivity index (χ4n) is 2.19. The molecular formula is C15H21ClN2O2. The summed E-state index contributed by atoms with van der Waals surface area (Å²) in [4.78, 5) is 4.57. The van der Waals surface area contributed by atoms with Crippen molar-refractivity contribution >= 4 is 22.6 Å². The number of aromatic nitrogens is 2. The minimum absolute atomic E-state index is 0.382. The van der Waals surface area contributed by atoms with Gasteiger partial charge in [-0.25, -0.2) is 4.98 Å². The number of para-hydroxylation sites is 1. The van der Waals surface area contributed by atoms with Crippen LogP contribution in [0, 0.1) is 0 Å². The first-order chi connectivity index (χ1) is 9.81. The van der Waals surface area contributed by atoms with Crippen molar-refractivity contribution in [2.24, 2.45) is 0 Å². The molecule has 0 aliphatic carbocycles. The first-order valence-corrected chi connectivity index (χ1v) is 7.51. The first-order valence-electron chi connectivity index (χ1n) is 6.97. The lowest BCUT2D eigenvalue weighted by molar-refractivity contribution is 0.124. The second kappa shape index (κ2) is 7.50. The molecule has 4 nitrogen and oxygen atoms in total. The zero-order chi connectivity index (χ0) is 14.4. The van der Waals surface area contributed by atoms with Gasteiger partial charge in [0, 0.05) is 13.2 Å². The van der Waals surface area contributed by atoms with E-state index in [0.29, 0.717) is 12.5 Å². The number of nitrogens with zero attached hydrogens (tertiary/aromatic N) is 2. The van der Waals surface area contributed by atoms with Gasteiger partial charge in [-0.3, -0.25) is 0 Å². The minimum atomic E-state index is 0.382. The van der Waals surface area contributed by atoms with E-state index in [9.17, 15) is 0 Å². The lowest BCUT2D eigenvalue weighted by Crippen LogP contribution is -2.09. The number of rotatable bonds is 8. The van der Waals surface area contributed by atoms with Crippen molar-refractivity contribution in [2.75, 3.05) is 20.3 Å². The van der Waals surface area contributed by atoms with Crippen LogP contribution in [0.25, 0.3) is 11.0 Å².